The molecule has 1 heterocycles. The quantitative estimate of drug-likeness (QED) is 0.643. The zero-order chi connectivity index (χ0) is 12.1. The molecule has 2 N–H and O–H groups in total. The molecule has 1 aliphatic rings. The van der Waals surface area contributed by atoms with Crippen molar-refractivity contribution in [1.29, 1.82) is 0 Å². The van der Waals surface area contributed by atoms with E-state index in [1.165, 1.54) is 6.92 Å². The van der Waals surface area contributed by atoms with Crippen LogP contribution in [0.2, 0.25) is 0 Å². The highest BCUT2D eigenvalue weighted by atomic mass is 16.4. The summed E-state index contributed by atoms with van der Waals surface area (Å²) in [5.41, 5.74) is 0. The highest BCUT2D eigenvalue weighted by Crippen LogP contribution is 2.10. The molecule has 6 heteroatoms. The molecule has 0 spiro atoms. The molecule has 1 fully saturated rings. The second-order valence-corrected chi connectivity index (χ2v) is 3.92. The number of nitrogens with one attached hydrogen (secondary N) is 1. The van der Waals surface area contributed by atoms with Crippen molar-refractivity contribution in [3.8, 4) is 0 Å². The van der Waals surface area contributed by atoms with Gasteiger partial charge >= 0.3 is 5.97 Å². The Kier molecular flexibility index (Phi) is 4.28. The molecule has 0 aliphatic carbocycles. The second kappa shape index (κ2) is 5.48. The van der Waals surface area contributed by atoms with Gasteiger partial charge in [-0.25, -0.2) is 0 Å². The van der Waals surface area contributed by atoms with Gasteiger partial charge in [-0.1, -0.05) is 0 Å². The zero-order valence-corrected chi connectivity index (χ0v) is 9.23. The number of likely N-dealkylation sites (tertiary alicyclic amines) is 1. The second-order valence-electron chi connectivity index (χ2n) is 3.92. The van der Waals surface area contributed by atoms with Crippen molar-refractivity contribution in [2.24, 2.45) is 0 Å². The Morgan fingerprint density at radius 3 is 2.31 bits per heavy atom. The van der Waals surface area contributed by atoms with Gasteiger partial charge in [0.15, 0.2) is 0 Å². The van der Waals surface area contributed by atoms with Crippen molar-refractivity contribution in [2.75, 3.05) is 13.1 Å². The minimum atomic E-state index is -1.13. The smallest absolute Gasteiger partial charge is 0.312 e. The number of carboxylic acid groups (broad SMARTS) is 1. The van der Waals surface area contributed by atoms with E-state index in [1.807, 2.05) is 0 Å². The fourth-order valence-corrected chi connectivity index (χ4v) is 1.75. The van der Waals surface area contributed by atoms with E-state index in [1.54, 1.807) is 4.90 Å². The maximum atomic E-state index is 11.2. The summed E-state index contributed by atoms with van der Waals surface area (Å²) in [4.78, 5) is 34.2. The number of rotatable bonds is 3. The molecule has 16 heavy (non-hydrogen) atoms. The SMILES string of the molecule is CC(=O)N1CCC(NC(=O)CC(=O)O)CC1. The summed E-state index contributed by atoms with van der Waals surface area (Å²) in [5.74, 6) is -1.55. The van der Waals surface area contributed by atoms with Gasteiger partial charge in [-0.05, 0) is 12.8 Å². The molecule has 1 aliphatic heterocycles. The Bertz CT molecular complexity index is 295. The fourth-order valence-electron chi connectivity index (χ4n) is 1.75. The van der Waals surface area contributed by atoms with E-state index in [0.29, 0.717) is 25.9 Å². The number of carboxylic acids is 1. The molecule has 0 bridgehead atoms. The van der Waals surface area contributed by atoms with Crippen LogP contribution in [0.25, 0.3) is 0 Å². The van der Waals surface area contributed by atoms with E-state index in [2.05, 4.69) is 5.32 Å². The number of amides is 2. The van der Waals surface area contributed by atoms with Crippen molar-refractivity contribution in [3.05, 3.63) is 0 Å². The molecule has 0 aromatic heterocycles. The fraction of sp³-hybridized carbons (Fsp3) is 0.700. The molecule has 1 rings (SSSR count). The first-order chi connectivity index (χ1) is 7.49. The monoisotopic (exact) mass is 228 g/mol. The van der Waals surface area contributed by atoms with Gasteiger partial charge in [0.05, 0.1) is 0 Å². The summed E-state index contributed by atoms with van der Waals surface area (Å²) in [6.07, 6.45) is 0.878. The molecular formula is C10H16N2O4. The van der Waals surface area contributed by atoms with Crippen molar-refractivity contribution < 1.29 is 19.5 Å². The lowest BCUT2D eigenvalue weighted by molar-refractivity contribution is -0.140. The summed E-state index contributed by atoms with van der Waals surface area (Å²) in [6.45, 7) is 2.75. The Morgan fingerprint density at radius 1 is 1.31 bits per heavy atom. The molecule has 1 saturated heterocycles. The predicted octanol–water partition coefficient (Wildman–Crippen LogP) is -0.412. The van der Waals surface area contributed by atoms with Crippen LogP contribution in [-0.4, -0.2) is 46.9 Å². The lowest BCUT2D eigenvalue weighted by Gasteiger charge is -2.31. The van der Waals surface area contributed by atoms with Gasteiger partial charge in [-0.3, -0.25) is 14.4 Å². The minimum Gasteiger partial charge on any atom is -0.481 e. The average Bonchev–Trinajstić information content (AvgIpc) is 2.16. The van der Waals surface area contributed by atoms with Crippen LogP contribution in [0.3, 0.4) is 0 Å². The van der Waals surface area contributed by atoms with Crippen molar-refractivity contribution in [1.82, 2.24) is 10.2 Å². The average molecular weight is 228 g/mol. The van der Waals surface area contributed by atoms with E-state index < -0.39 is 18.3 Å². The number of nitrogens with zero attached hydrogens (tertiary/aromatic N) is 1. The standard InChI is InChI=1S/C10H16N2O4/c1-7(13)12-4-2-8(3-5-12)11-9(14)6-10(15)16/h8H,2-6H2,1H3,(H,11,14)(H,15,16). The minimum absolute atomic E-state index is 0.0116. The number of hydrogen-bond acceptors (Lipinski definition) is 3. The summed E-state index contributed by atoms with van der Waals surface area (Å²) < 4.78 is 0. The predicted molar refractivity (Wildman–Crippen MR) is 55.7 cm³/mol. The van der Waals surface area contributed by atoms with E-state index in [-0.39, 0.29) is 11.9 Å². The third-order valence-electron chi connectivity index (χ3n) is 2.62. The first-order valence-corrected chi connectivity index (χ1v) is 5.25. The maximum absolute atomic E-state index is 11.2. The molecule has 0 aromatic rings. The van der Waals surface area contributed by atoms with Crippen LogP contribution in [-0.2, 0) is 14.4 Å². The first kappa shape index (κ1) is 12.5. The lowest BCUT2D eigenvalue weighted by Crippen LogP contribution is -2.46. The molecule has 0 radical (unpaired) electrons. The molecule has 0 unspecified atom stereocenters. The van der Waals surface area contributed by atoms with E-state index >= 15 is 0 Å². The number of piperidine rings is 1. The third kappa shape index (κ3) is 3.88. The topological polar surface area (TPSA) is 86.7 Å². The highest BCUT2D eigenvalue weighted by Gasteiger charge is 2.22. The van der Waals surface area contributed by atoms with Gasteiger partial charge < -0.3 is 15.3 Å². The van der Waals surface area contributed by atoms with Crippen LogP contribution in [0.4, 0.5) is 0 Å². The Morgan fingerprint density at radius 2 is 1.88 bits per heavy atom. The van der Waals surface area contributed by atoms with Crippen molar-refractivity contribution >= 4 is 17.8 Å². The number of aliphatic carboxylic acids is 1. The van der Waals surface area contributed by atoms with Crippen LogP contribution in [0, 0.1) is 0 Å². The van der Waals surface area contributed by atoms with Crippen LogP contribution < -0.4 is 5.32 Å². The van der Waals surface area contributed by atoms with E-state index in [4.69, 9.17) is 5.11 Å². The van der Waals surface area contributed by atoms with Crippen LogP contribution in [0.5, 0.6) is 0 Å². The normalized spacial score (nSPS) is 16.9. The summed E-state index contributed by atoms with van der Waals surface area (Å²) in [5, 5.41) is 11.1. The molecule has 0 atom stereocenters. The molecule has 90 valence electrons. The third-order valence-corrected chi connectivity index (χ3v) is 2.62. The first-order valence-electron chi connectivity index (χ1n) is 5.25. The van der Waals surface area contributed by atoms with Crippen LogP contribution in [0.15, 0.2) is 0 Å². The summed E-state index contributed by atoms with van der Waals surface area (Å²) in [6, 6.07) is -0.0116. The Hall–Kier alpha value is -1.59. The molecular weight excluding hydrogens is 212 g/mol. The molecule has 0 aromatic carbocycles. The number of carbonyl (C=O) groups is 3. The Balaban J connectivity index is 2.29. The van der Waals surface area contributed by atoms with Crippen molar-refractivity contribution in [2.45, 2.75) is 32.2 Å². The largest absolute Gasteiger partial charge is 0.481 e. The molecule has 0 saturated carbocycles. The van der Waals surface area contributed by atoms with Gasteiger partial charge in [0.2, 0.25) is 11.8 Å². The van der Waals surface area contributed by atoms with Crippen molar-refractivity contribution in [3.63, 3.8) is 0 Å². The van der Waals surface area contributed by atoms with E-state index in [0.717, 1.165) is 0 Å². The highest BCUT2D eigenvalue weighted by molar-refractivity contribution is 5.93. The summed E-state index contributed by atoms with van der Waals surface area (Å²) >= 11 is 0. The summed E-state index contributed by atoms with van der Waals surface area (Å²) in [7, 11) is 0. The van der Waals surface area contributed by atoms with E-state index in [9.17, 15) is 14.4 Å². The van der Waals surface area contributed by atoms with Gasteiger partial charge in [0, 0.05) is 26.1 Å². The molecule has 2 amide bonds. The lowest BCUT2D eigenvalue weighted by atomic mass is 10.0. The van der Waals surface area contributed by atoms with Gasteiger partial charge in [-0.15, -0.1) is 0 Å². The van der Waals surface area contributed by atoms with Gasteiger partial charge in [0.25, 0.3) is 0 Å². The van der Waals surface area contributed by atoms with Gasteiger partial charge in [-0.2, -0.15) is 0 Å². The Labute approximate surface area is 93.6 Å². The van der Waals surface area contributed by atoms with Crippen LogP contribution in [0.1, 0.15) is 26.2 Å². The number of carbonyl (C=O) groups excluding carboxylic acids is 2. The van der Waals surface area contributed by atoms with Gasteiger partial charge in [0.1, 0.15) is 6.42 Å². The van der Waals surface area contributed by atoms with Crippen LogP contribution >= 0.6 is 0 Å². The zero-order valence-electron chi connectivity index (χ0n) is 9.23. The maximum Gasteiger partial charge on any atom is 0.312 e. The number of hydrogen-bond donors (Lipinski definition) is 2. The molecule has 6 nitrogen and oxygen atoms in total.